The number of nitrogens with zero attached hydrogens (tertiary/aromatic N) is 1. The first-order valence-corrected chi connectivity index (χ1v) is 8.70. The first kappa shape index (κ1) is 16.8. The second-order valence-electron chi connectivity index (χ2n) is 6.70. The molecular formula is C21H22ClNO. The number of aromatic nitrogens is 1. The highest BCUT2D eigenvalue weighted by Gasteiger charge is 2.16. The lowest BCUT2D eigenvalue weighted by Gasteiger charge is -2.08. The lowest BCUT2D eigenvalue weighted by Crippen LogP contribution is -1.89. The molecule has 2 nitrogen and oxygen atoms in total. The van der Waals surface area contributed by atoms with Crippen molar-refractivity contribution in [3.05, 3.63) is 65.0 Å². The molecule has 124 valence electrons. The van der Waals surface area contributed by atoms with Crippen molar-refractivity contribution in [2.75, 3.05) is 0 Å². The highest BCUT2D eigenvalue weighted by molar-refractivity contribution is 6.28. The van der Waals surface area contributed by atoms with E-state index in [0.717, 1.165) is 16.8 Å². The van der Waals surface area contributed by atoms with Crippen LogP contribution in [0.1, 0.15) is 50.7 Å². The molecule has 1 heterocycles. The molecule has 2 aromatic carbocycles. The summed E-state index contributed by atoms with van der Waals surface area (Å²) in [5, 5.41) is 0.167. The summed E-state index contributed by atoms with van der Waals surface area (Å²) in [7, 11) is 0. The fourth-order valence-corrected chi connectivity index (χ4v) is 2.89. The van der Waals surface area contributed by atoms with E-state index in [1.54, 1.807) is 0 Å². The summed E-state index contributed by atoms with van der Waals surface area (Å²) < 4.78 is 5.69. The maximum absolute atomic E-state index is 6.05. The third kappa shape index (κ3) is 3.39. The second kappa shape index (κ2) is 6.82. The summed E-state index contributed by atoms with van der Waals surface area (Å²) in [6, 6.07) is 16.8. The Bertz CT molecular complexity index is 745. The highest BCUT2D eigenvalue weighted by atomic mass is 35.5. The van der Waals surface area contributed by atoms with E-state index in [-0.39, 0.29) is 5.35 Å². The third-order valence-corrected chi connectivity index (χ3v) is 4.45. The zero-order valence-electron chi connectivity index (χ0n) is 14.5. The molecule has 24 heavy (non-hydrogen) atoms. The van der Waals surface area contributed by atoms with E-state index in [2.05, 4.69) is 81.2 Å². The molecule has 3 heteroatoms. The molecule has 0 fully saturated rings. The molecule has 1 aromatic heterocycles. The Morgan fingerprint density at radius 3 is 1.67 bits per heavy atom. The summed E-state index contributed by atoms with van der Waals surface area (Å²) in [5.74, 6) is 1.72. The maximum Gasteiger partial charge on any atom is 0.293 e. The third-order valence-electron chi connectivity index (χ3n) is 4.29. The number of hydrogen-bond acceptors (Lipinski definition) is 2. The van der Waals surface area contributed by atoms with Crippen molar-refractivity contribution in [3.63, 3.8) is 0 Å². The molecule has 0 atom stereocenters. The maximum atomic E-state index is 6.05. The topological polar surface area (TPSA) is 26.0 Å². The number of rotatable bonds is 4. The Hall–Kier alpha value is -2.06. The van der Waals surface area contributed by atoms with Gasteiger partial charge in [0.2, 0.25) is 0 Å². The zero-order chi connectivity index (χ0) is 17.3. The molecular weight excluding hydrogens is 318 g/mol. The van der Waals surface area contributed by atoms with Crippen molar-refractivity contribution in [2.24, 2.45) is 0 Å². The van der Waals surface area contributed by atoms with Gasteiger partial charge in [-0.2, -0.15) is 4.98 Å². The largest absolute Gasteiger partial charge is 0.427 e. The molecule has 0 unspecified atom stereocenters. The van der Waals surface area contributed by atoms with Gasteiger partial charge in [0, 0.05) is 11.1 Å². The number of oxazole rings is 1. The minimum atomic E-state index is 0.167. The molecule has 3 aromatic rings. The fraction of sp³-hybridized carbons (Fsp3) is 0.286. The number of hydrogen-bond donors (Lipinski definition) is 0. The average Bonchev–Trinajstić information content (AvgIpc) is 2.97. The zero-order valence-corrected chi connectivity index (χ0v) is 15.3. The molecule has 0 saturated carbocycles. The monoisotopic (exact) mass is 339 g/mol. The van der Waals surface area contributed by atoms with Gasteiger partial charge in [0.05, 0.1) is 0 Å². The average molecular weight is 340 g/mol. The molecule has 0 N–H and O–H groups in total. The molecule has 0 aliphatic heterocycles. The van der Waals surface area contributed by atoms with Crippen LogP contribution in [0.25, 0.3) is 22.6 Å². The van der Waals surface area contributed by atoms with E-state index in [1.165, 1.54) is 11.1 Å². The van der Waals surface area contributed by atoms with Gasteiger partial charge in [-0.3, -0.25) is 0 Å². The Kier molecular flexibility index (Phi) is 4.77. The summed E-state index contributed by atoms with van der Waals surface area (Å²) in [5.41, 5.74) is 5.38. The molecule has 3 rings (SSSR count). The van der Waals surface area contributed by atoms with Gasteiger partial charge >= 0.3 is 0 Å². The fourth-order valence-electron chi connectivity index (χ4n) is 2.73. The lowest BCUT2D eigenvalue weighted by atomic mass is 9.98. The van der Waals surface area contributed by atoms with Crippen LogP contribution >= 0.6 is 11.6 Å². The normalized spacial score (nSPS) is 11.5. The van der Waals surface area contributed by atoms with Crippen LogP contribution in [0.2, 0.25) is 5.35 Å². The quantitative estimate of drug-likeness (QED) is 0.516. The van der Waals surface area contributed by atoms with Crippen LogP contribution in [0.4, 0.5) is 0 Å². The predicted octanol–water partition coefficient (Wildman–Crippen LogP) is 6.91. The summed E-state index contributed by atoms with van der Waals surface area (Å²) in [4.78, 5) is 4.39. The van der Waals surface area contributed by atoms with E-state index in [9.17, 15) is 0 Å². The summed E-state index contributed by atoms with van der Waals surface area (Å²) >= 11 is 6.05. The molecule has 0 radical (unpaired) electrons. The summed E-state index contributed by atoms with van der Waals surface area (Å²) in [6.07, 6.45) is 0. The van der Waals surface area contributed by atoms with Crippen LogP contribution in [0, 0.1) is 0 Å². The Morgan fingerprint density at radius 2 is 1.21 bits per heavy atom. The minimum absolute atomic E-state index is 0.167. The second-order valence-corrected chi connectivity index (χ2v) is 7.02. The van der Waals surface area contributed by atoms with Gasteiger partial charge in [-0.25, -0.2) is 0 Å². The molecule has 0 spiro atoms. The van der Waals surface area contributed by atoms with E-state index in [1.807, 2.05) is 0 Å². The highest BCUT2D eigenvalue weighted by Crippen LogP contribution is 2.35. The molecule has 0 amide bonds. The van der Waals surface area contributed by atoms with E-state index in [4.69, 9.17) is 16.0 Å². The van der Waals surface area contributed by atoms with E-state index in [0.29, 0.717) is 17.6 Å². The van der Waals surface area contributed by atoms with Gasteiger partial charge in [-0.15, -0.1) is 0 Å². The molecule has 0 saturated heterocycles. The molecule has 0 aliphatic rings. The Balaban J connectivity index is 2.01. The van der Waals surface area contributed by atoms with Crippen molar-refractivity contribution in [1.82, 2.24) is 4.98 Å². The van der Waals surface area contributed by atoms with Crippen molar-refractivity contribution >= 4 is 11.6 Å². The van der Waals surface area contributed by atoms with Crippen molar-refractivity contribution < 1.29 is 4.42 Å². The smallest absolute Gasteiger partial charge is 0.293 e. The molecule has 0 bridgehead atoms. The molecule has 0 aliphatic carbocycles. The van der Waals surface area contributed by atoms with Crippen LogP contribution < -0.4 is 0 Å². The number of halogens is 1. The van der Waals surface area contributed by atoms with Crippen LogP contribution in [0.5, 0.6) is 0 Å². The Morgan fingerprint density at radius 1 is 0.750 bits per heavy atom. The van der Waals surface area contributed by atoms with Crippen LogP contribution in [-0.2, 0) is 0 Å². The van der Waals surface area contributed by atoms with Gasteiger partial charge in [0.25, 0.3) is 5.35 Å². The van der Waals surface area contributed by atoms with Crippen LogP contribution in [-0.4, -0.2) is 4.98 Å². The van der Waals surface area contributed by atoms with Crippen LogP contribution in [0.3, 0.4) is 0 Å². The first-order valence-electron chi connectivity index (χ1n) is 8.32. The van der Waals surface area contributed by atoms with Crippen molar-refractivity contribution in [2.45, 2.75) is 39.5 Å². The van der Waals surface area contributed by atoms with Crippen molar-refractivity contribution in [1.29, 1.82) is 0 Å². The van der Waals surface area contributed by atoms with Gasteiger partial charge in [0.1, 0.15) is 5.69 Å². The van der Waals surface area contributed by atoms with Crippen molar-refractivity contribution in [3.8, 4) is 22.6 Å². The van der Waals surface area contributed by atoms with Gasteiger partial charge in [0.15, 0.2) is 5.76 Å². The number of benzene rings is 2. The first-order chi connectivity index (χ1) is 11.5. The standard InChI is InChI=1S/C21H22ClNO/c1-13(2)15-5-9-17(10-6-15)19-20(24-21(22)23-19)18-11-7-16(8-12-18)14(3)4/h5-14H,1-4H3. The van der Waals surface area contributed by atoms with Gasteiger partial charge < -0.3 is 4.42 Å². The Labute approximate surface area is 148 Å². The van der Waals surface area contributed by atoms with E-state index < -0.39 is 0 Å². The van der Waals surface area contributed by atoms with Crippen LogP contribution in [0.15, 0.2) is 52.9 Å². The summed E-state index contributed by atoms with van der Waals surface area (Å²) in [6.45, 7) is 8.73. The van der Waals surface area contributed by atoms with Gasteiger partial charge in [-0.05, 0) is 34.6 Å². The SMILES string of the molecule is CC(C)c1ccc(-c2nc(Cl)oc2-c2ccc(C(C)C)cc2)cc1. The predicted molar refractivity (Wildman–Crippen MR) is 101 cm³/mol. The lowest BCUT2D eigenvalue weighted by molar-refractivity contribution is 0.574. The van der Waals surface area contributed by atoms with E-state index >= 15 is 0 Å². The van der Waals surface area contributed by atoms with Gasteiger partial charge in [-0.1, -0.05) is 76.2 Å². The minimum Gasteiger partial charge on any atom is -0.427 e.